The summed E-state index contributed by atoms with van der Waals surface area (Å²) in [6.07, 6.45) is 0. The zero-order valence-corrected chi connectivity index (χ0v) is 17.6. The van der Waals surface area contributed by atoms with E-state index in [4.69, 9.17) is 14.2 Å². The van der Waals surface area contributed by atoms with E-state index in [0.717, 1.165) is 4.31 Å². The molecule has 0 radical (unpaired) electrons. The van der Waals surface area contributed by atoms with E-state index in [-0.39, 0.29) is 4.90 Å². The zero-order valence-electron chi connectivity index (χ0n) is 16.7. The second-order valence-electron chi connectivity index (χ2n) is 7.79. The first kappa shape index (κ1) is 22.2. The van der Waals surface area contributed by atoms with Gasteiger partial charge in [-0.2, -0.15) is 4.31 Å². The van der Waals surface area contributed by atoms with Crippen LogP contribution in [0.25, 0.3) is 0 Å². The van der Waals surface area contributed by atoms with Crippen LogP contribution in [-0.2, 0) is 19.6 Å². The summed E-state index contributed by atoms with van der Waals surface area (Å²) in [5.74, 6) is 0.0945. The number of nitrogens with zero attached hydrogens (tertiary/aromatic N) is 1. The van der Waals surface area contributed by atoms with Gasteiger partial charge in [0.1, 0.15) is 12.1 Å². The molecular weight excluding hydrogens is 358 g/mol. The predicted octanol–water partition coefficient (Wildman–Crippen LogP) is 2.83. The van der Waals surface area contributed by atoms with E-state index in [1.807, 2.05) is 0 Å². The Labute approximate surface area is 156 Å². The van der Waals surface area contributed by atoms with Gasteiger partial charge in [0.15, 0.2) is 11.5 Å². The molecule has 0 fully saturated rings. The lowest BCUT2D eigenvalue weighted by atomic mass is 10.1. The number of ether oxygens (including phenoxy) is 3. The van der Waals surface area contributed by atoms with Crippen molar-refractivity contribution < 1.29 is 27.4 Å². The number of benzene rings is 1. The standard InChI is InChI=1S/C18H29NO6S/c1-17(2,3)19(12-16(20)25-18(4,5)6)26(21,22)13-9-10-14(23-7)15(11-13)24-8/h9-11H,12H2,1-8H3. The summed E-state index contributed by atoms with van der Waals surface area (Å²) in [6.45, 7) is 9.96. The lowest BCUT2D eigenvalue weighted by Gasteiger charge is -2.34. The monoisotopic (exact) mass is 387 g/mol. The smallest absolute Gasteiger partial charge is 0.321 e. The highest BCUT2D eigenvalue weighted by molar-refractivity contribution is 7.89. The third-order valence-electron chi connectivity index (χ3n) is 3.38. The molecule has 0 bridgehead atoms. The Bertz CT molecular complexity index is 744. The van der Waals surface area contributed by atoms with Gasteiger partial charge in [-0.1, -0.05) is 0 Å². The number of hydrogen-bond acceptors (Lipinski definition) is 6. The van der Waals surface area contributed by atoms with Crippen LogP contribution in [0.2, 0.25) is 0 Å². The third-order valence-corrected chi connectivity index (χ3v) is 5.49. The lowest BCUT2D eigenvalue weighted by molar-refractivity contribution is -0.155. The first-order chi connectivity index (χ1) is 11.7. The van der Waals surface area contributed by atoms with E-state index in [0.29, 0.717) is 11.5 Å². The number of hydrogen-bond donors (Lipinski definition) is 0. The predicted molar refractivity (Wildman–Crippen MR) is 99.0 cm³/mol. The van der Waals surface area contributed by atoms with E-state index in [1.54, 1.807) is 41.5 Å². The summed E-state index contributed by atoms with van der Waals surface area (Å²) < 4.78 is 43.1. The van der Waals surface area contributed by atoms with Crippen LogP contribution in [0.3, 0.4) is 0 Å². The van der Waals surface area contributed by atoms with E-state index in [2.05, 4.69) is 0 Å². The second kappa shape index (κ2) is 7.84. The average molecular weight is 387 g/mol. The molecule has 7 nitrogen and oxygen atoms in total. The second-order valence-corrected chi connectivity index (χ2v) is 9.65. The van der Waals surface area contributed by atoms with Crippen molar-refractivity contribution in [3.05, 3.63) is 18.2 Å². The molecule has 0 unspecified atom stereocenters. The van der Waals surface area contributed by atoms with Gasteiger partial charge in [-0.3, -0.25) is 4.79 Å². The van der Waals surface area contributed by atoms with Crippen molar-refractivity contribution in [2.75, 3.05) is 20.8 Å². The molecule has 0 heterocycles. The molecular formula is C18H29NO6S. The van der Waals surface area contributed by atoms with Crippen molar-refractivity contribution in [1.29, 1.82) is 0 Å². The van der Waals surface area contributed by atoms with Gasteiger partial charge >= 0.3 is 5.97 Å². The molecule has 1 aromatic carbocycles. The summed E-state index contributed by atoms with van der Waals surface area (Å²) >= 11 is 0. The molecule has 0 spiro atoms. The number of carbonyl (C=O) groups is 1. The molecule has 0 amide bonds. The Kier molecular flexibility index (Phi) is 6.70. The molecule has 0 saturated carbocycles. The molecule has 0 aliphatic heterocycles. The van der Waals surface area contributed by atoms with Crippen LogP contribution in [0.15, 0.2) is 23.1 Å². The van der Waals surface area contributed by atoms with Gasteiger partial charge in [0.2, 0.25) is 10.0 Å². The number of esters is 1. The molecule has 8 heteroatoms. The Balaban J connectivity index is 3.31. The number of rotatable bonds is 6. The van der Waals surface area contributed by atoms with Gasteiger partial charge in [0.25, 0.3) is 0 Å². The maximum absolute atomic E-state index is 13.2. The van der Waals surface area contributed by atoms with Crippen LogP contribution >= 0.6 is 0 Å². The van der Waals surface area contributed by atoms with Crippen LogP contribution in [-0.4, -0.2) is 50.6 Å². The zero-order chi connectivity index (χ0) is 20.3. The Morgan fingerprint density at radius 3 is 1.96 bits per heavy atom. The molecule has 148 valence electrons. The third kappa shape index (κ3) is 5.60. The Morgan fingerprint density at radius 2 is 1.54 bits per heavy atom. The van der Waals surface area contributed by atoms with Crippen LogP contribution in [0.5, 0.6) is 11.5 Å². The van der Waals surface area contributed by atoms with Crippen LogP contribution in [0, 0.1) is 0 Å². The van der Waals surface area contributed by atoms with Gasteiger partial charge in [-0.15, -0.1) is 0 Å². The van der Waals surface area contributed by atoms with Gasteiger partial charge in [-0.05, 0) is 53.7 Å². The number of carbonyl (C=O) groups excluding carboxylic acids is 1. The highest BCUT2D eigenvalue weighted by Crippen LogP contribution is 2.32. The Morgan fingerprint density at radius 1 is 1.00 bits per heavy atom. The quantitative estimate of drug-likeness (QED) is 0.698. The van der Waals surface area contributed by atoms with Crippen LogP contribution < -0.4 is 9.47 Å². The normalized spacial score (nSPS) is 12.8. The summed E-state index contributed by atoms with van der Waals surface area (Å²) in [4.78, 5) is 12.3. The average Bonchev–Trinajstić information content (AvgIpc) is 2.48. The summed E-state index contributed by atoms with van der Waals surface area (Å²) in [5.41, 5.74) is -1.53. The summed E-state index contributed by atoms with van der Waals surface area (Å²) in [5, 5.41) is 0. The molecule has 0 aromatic heterocycles. The molecule has 0 atom stereocenters. The fourth-order valence-corrected chi connectivity index (χ4v) is 4.02. The van der Waals surface area contributed by atoms with E-state index in [9.17, 15) is 13.2 Å². The van der Waals surface area contributed by atoms with Gasteiger partial charge in [0, 0.05) is 11.6 Å². The van der Waals surface area contributed by atoms with Crippen LogP contribution in [0.4, 0.5) is 0 Å². The van der Waals surface area contributed by atoms with E-state index < -0.39 is 33.7 Å². The largest absolute Gasteiger partial charge is 0.493 e. The fraction of sp³-hybridized carbons (Fsp3) is 0.611. The molecule has 0 saturated heterocycles. The SMILES string of the molecule is COc1ccc(S(=O)(=O)N(CC(=O)OC(C)(C)C)C(C)(C)C)cc1OC. The molecule has 0 N–H and O–H groups in total. The highest BCUT2D eigenvalue weighted by atomic mass is 32.2. The number of methoxy groups -OCH3 is 2. The van der Waals surface area contributed by atoms with Gasteiger partial charge in [0.05, 0.1) is 19.1 Å². The molecule has 1 rings (SSSR count). The maximum atomic E-state index is 13.2. The minimum absolute atomic E-state index is 0.00799. The minimum atomic E-state index is -3.97. The minimum Gasteiger partial charge on any atom is -0.493 e. The maximum Gasteiger partial charge on any atom is 0.321 e. The topological polar surface area (TPSA) is 82.1 Å². The van der Waals surface area contributed by atoms with Crippen molar-refractivity contribution >= 4 is 16.0 Å². The van der Waals surface area contributed by atoms with Crippen molar-refractivity contribution in [3.63, 3.8) is 0 Å². The van der Waals surface area contributed by atoms with Crippen molar-refractivity contribution in [3.8, 4) is 11.5 Å². The summed E-state index contributed by atoms with van der Waals surface area (Å²) in [6, 6.07) is 4.31. The fourth-order valence-electron chi connectivity index (χ4n) is 2.28. The van der Waals surface area contributed by atoms with Gasteiger partial charge in [-0.25, -0.2) is 8.42 Å². The molecule has 26 heavy (non-hydrogen) atoms. The van der Waals surface area contributed by atoms with Gasteiger partial charge < -0.3 is 14.2 Å². The highest BCUT2D eigenvalue weighted by Gasteiger charge is 2.37. The van der Waals surface area contributed by atoms with Crippen molar-refractivity contribution in [2.24, 2.45) is 0 Å². The number of sulfonamides is 1. The first-order valence-corrected chi connectivity index (χ1v) is 9.63. The van der Waals surface area contributed by atoms with Crippen molar-refractivity contribution in [2.45, 2.75) is 57.6 Å². The van der Waals surface area contributed by atoms with Crippen molar-refractivity contribution in [1.82, 2.24) is 4.31 Å². The van der Waals surface area contributed by atoms with Crippen LogP contribution in [0.1, 0.15) is 41.5 Å². The van der Waals surface area contributed by atoms with E-state index in [1.165, 1.54) is 32.4 Å². The molecule has 0 aliphatic rings. The molecule has 0 aliphatic carbocycles. The summed E-state index contributed by atoms with van der Waals surface area (Å²) in [7, 11) is -1.07. The Hall–Kier alpha value is -1.80. The molecule has 1 aromatic rings. The first-order valence-electron chi connectivity index (χ1n) is 8.19. The van der Waals surface area contributed by atoms with E-state index >= 15 is 0 Å². The lowest BCUT2D eigenvalue weighted by Crippen LogP contribution is -2.49.